The molecule has 0 bridgehead atoms. The Morgan fingerprint density at radius 3 is 2.21 bits per heavy atom. The lowest BCUT2D eigenvalue weighted by Gasteiger charge is -2.36. The summed E-state index contributed by atoms with van der Waals surface area (Å²) in [5.41, 5.74) is 1.16. The molecule has 1 heterocycles. The molecule has 0 aromatic heterocycles. The van der Waals surface area contributed by atoms with Crippen molar-refractivity contribution >= 4 is 72.6 Å². The summed E-state index contributed by atoms with van der Waals surface area (Å²) in [4.78, 5) is 2.52. The summed E-state index contributed by atoms with van der Waals surface area (Å²) in [5.74, 6) is 0.954. The second kappa shape index (κ2) is 11.6. The number of rotatable bonds is 5. The third-order valence-corrected chi connectivity index (χ3v) is 6.19. The molecule has 2 N–H and O–H groups in total. The molecule has 1 atom stereocenters. The molecule has 1 aliphatic heterocycles. The molecule has 8 heteroatoms. The predicted octanol–water partition coefficient (Wildman–Crippen LogP) is 5.91. The lowest BCUT2D eigenvalue weighted by Crippen LogP contribution is -2.45. The van der Waals surface area contributed by atoms with Crippen LogP contribution in [0.15, 0.2) is 19.5 Å². The summed E-state index contributed by atoms with van der Waals surface area (Å²) in [7, 11) is 0. The number of nitrogens with one attached hydrogen (secondary N) is 1. The van der Waals surface area contributed by atoms with E-state index in [0.29, 0.717) is 16.4 Å². The number of benzene rings is 1. The number of hydrogen-bond donors (Lipinski definition) is 2. The molecule has 0 radical (unpaired) electrons. The third kappa shape index (κ3) is 6.29. The highest BCUT2D eigenvalue weighted by atomic mass is 79.9. The van der Waals surface area contributed by atoms with Crippen molar-refractivity contribution in [2.45, 2.75) is 32.7 Å². The summed E-state index contributed by atoms with van der Waals surface area (Å²) in [5, 5.41) is 13.7. The van der Waals surface area contributed by atoms with Gasteiger partial charge in [-0.3, -0.25) is 4.90 Å². The molecule has 0 spiro atoms. The van der Waals surface area contributed by atoms with Crippen LogP contribution in [0.3, 0.4) is 0 Å². The van der Waals surface area contributed by atoms with Gasteiger partial charge in [0.05, 0.1) is 8.95 Å². The maximum atomic E-state index is 10.3. The number of halogens is 5. The van der Waals surface area contributed by atoms with E-state index in [1.54, 1.807) is 0 Å². The van der Waals surface area contributed by atoms with Crippen LogP contribution in [-0.4, -0.2) is 36.2 Å². The van der Waals surface area contributed by atoms with Gasteiger partial charge in [-0.2, -0.15) is 0 Å². The first-order chi connectivity index (χ1) is 10.4. The lowest BCUT2D eigenvalue weighted by atomic mass is 9.95. The normalized spacial score (nSPS) is 16.4. The van der Waals surface area contributed by atoms with Crippen LogP contribution in [-0.2, 0) is 0 Å². The van der Waals surface area contributed by atoms with Crippen molar-refractivity contribution in [3.8, 4) is 5.75 Å². The van der Waals surface area contributed by atoms with Crippen LogP contribution in [0, 0.1) is 5.92 Å². The molecule has 1 aromatic rings. The van der Waals surface area contributed by atoms with Crippen molar-refractivity contribution in [3.63, 3.8) is 0 Å². The predicted molar refractivity (Wildman–Crippen MR) is 117 cm³/mol. The Hall–Kier alpha value is 0.960. The Morgan fingerprint density at radius 1 is 1.08 bits per heavy atom. The van der Waals surface area contributed by atoms with Crippen molar-refractivity contribution in [3.05, 3.63) is 25.0 Å². The van der Waals surface area contributed by atoms with Crippen molar-refractivity contribution in [1.82, 2.24) is 10.2 Å². The van der Waals surface area contributed by atoms with E-state index < -0.39 is 0 Å². The second-order valence-corrected chi connectivity index (χ2v) is 8.69. The number of aromatic hydroxyl groups is 1. The number of hydrogen-bond acceptors (Lipinski definition) is 3. The molecule has 0 saturated carbocycles. The van der Waals surface area contributed by atoms with Gasteiger partial charge in [0.25, 0.3) is 0 Å². The molecule has 1 fully saturated rings. The van der Waals surface area contributed by atoms with E-state index in [1.165, 1.54) is 6.42 Å². The number of nitrogens with zero attached hydrogens (tertiary/aromatic N) is 1. The Balaban J connectivity index is 0.00000264. The fraction of sp³-hybridized carbons (Fsp3) is 0.625. The number of phenolic OH excluding ortho intramolecular Hbond substituents is 1. The van der Waals surface area contributed by atoms with Crippen LogP contribution >= 0.6 is 72.6 Å². The van der Waals surface area contributed by atoms with Gasteiger partial charge in [0.15, 0.2) is 0 Å². The molecule has 0 amide bonds. The van der Waals surface area contributed by atoms with E-state index in [9.17, 15) is 5.11 Å². The topological polar surface area (TPSA) is 35.5 Å². The fourth-order valence-electron chi connectivity index (χ4n) is 2.89. The Bertz CT molecular complexity index is 527. The minimum atomic E-state index is 0. The van der Waals surface area contributed by atoms with Crippen LogP contribution in [0.25, 0.3) is 0 Å². The molecule has 2 rings (SSSR count). The molecule has 1 saturated heterocycles. The molecule has 3 nitrogen and oxygen atoms in total. The standard InChI is InChI=1S/C16H23Br3N2O.2ClH/c1-10(2)3-4-13(21-7-5-20-6-8-21)14-11(17)9-12(18)16(22)15(14)19;;/h9-10,13,20,22H,3-8H2,1-2H3;2*1H/t13-;;/m1../s1. The number of piperazine rings is 1. The van der Waals surface area contributed by atoms with E-state index in [-0.39, 0.29) is 30.6 Å². The molecule has 140 valence electrons. The SMILES string of the molecule is CC(C)CC[C@H](c1c(Br)cc(Br)c(O)c1Br)N1CCNCC1.Cl.Cl. The van der Waals surface area contributed by atoms with Crippen molar-refractivity contribution in [2.24, 2.45) is 5.92 Å². The molecular formula is C16H25Br3Cl2N2O. The highest BCUT2D eigenvalue weighted by Gasteiger charge is 2.27. The van der Waals surface area contributed by atoms with Crippen LogP contribution < -0.4 is 5.32 Å². The Labute approximate surface area is 182 Å². The maximum absolute atomic E-state index is 10.3. The van der Waals surface area contributed by atoms with Gasteiger partial charge in [0.1, 0.15) is 5.75 Å². The number of phenols is 1. The van der Waals surface area contributed by atoms with Crippen LogP contribution in [0.2, 0.25) is 0 Å². The van der Waals surface area contributed by atoms with Gasteiger partial charge in [-0.25, -0.2) is 0 Å². The largest absolute Gasteiger partial charge is 0.506 e. The maximum Gasteiger partial charge on any atom is 0.144 e. The zero-order chi connectivity index (χ0) is 16.3. The smallest absolute Gasteiger partial charge is 0.144 e. The van der Waals surface area contributed by atoms with Crippen molar-refractivity contribution in [1.29, 1.82) is 0 Å². The summed E-state index contributed by atoms with van der Waals surface area (Å²) in [6.45, 7) is 8.65. The van der Waals surface area contributed by atoms with E-state index in [2.05, 4.69) is 71.9 Å². The monoisotopic (exact) mass is 568 g/mol. The molecule has 1 aromatic carbocycles. The van der Waals surface area contributed by atoms with Gasteiger partial charge in [-0.15, -0.1) is 24.8 Å². The first-order valence-corrected chi connectivity index (χ1v) is 10.1. The quantitative estimate of drug-likeness (QED) is 0.462. The highest BCUT2D eigenvalue weighted by molar-refractivity contribution is 9.11. The lowest BCUT2D eigenvalue weighted by molar-refractivity contribution is 0.158. The zero-order valence-electron chi connectivity index (χ0n) is 13.8. The fourth-order valence-corrected chi connectivity index (χ4v) is 5.54. The second-order valence-electron chi connectivity index (χ2n) is 6.19. The first-order valence-electron chi connectivity index (χ1n) is 7.73. The van der Waals surface area contributed by atoms with Gasteiger partial charge >= 0.3 is 0 Å². The third-order valence-electron chi connectivity index (χ3n) is 4.12. The van der Waals surface area contributed by atoms with Gasteiger partial charge < -0.3 is 10.4 Å². The summed E-state index contributed by atoms with van der Waals surface area (Å²) < 4.78 is 2.54. The molecule has 0 aliphatic carbocycles. The van der Waals surface area contributed by atoms with Gasteiger partial charge in [0.2, 0.25) is 0 Å². The Morgan fingerprint density at radius 2 is 1.67 bits per heavy atom. The van der Waals surface area contributed by atoms with E-state index in [4.69, 9.17) is 0 Å². The van der Waals surface area contributed by atoms with Gasteiger partial charge in [0, 0.05) is 42.3 Å². The highest BCUT2D eigenvalue weighted by Crippen LogP contribution is 2.45. The minimum absolute atomic E-state index is 0. The van der Waals surface area contributed by atoms with Crippen LogP contribution in [0.4, 0.5) is 0 Å². The average molecular weight is 572 g/mol. The minimum Gasteiger partial charge on any atom is -0.506 e. The van der Waals surface area contributed by atoms with Crippen molar-refractivity contribution in [2.75, 3.05) is 26.2 Å². The summed E-state index contributed by atoms with van der Waals surface area (Å²) in [6, 6.07) is 2.26. The van der Waals surface area contributed by atoms with E-state index in [0.717, 1.165) is 47.1 Å². The van der Waals surface area contributed by atoms with Crippen LogP contribution in [0.5, 0.6) is 5.75 Å². The molecule has 24 heavy (non-hydrogen) atoms. The molecule has 1 aliphatic rings. The van der Waals surface area contributed by atoms with Crippen molar-refractivity contribution < 1.29 is 5.11 Å². The summed E-state index contributed by atoms with van der Waals surface area (Å²) >= 11 is 10.7. The first kappa shape index (κ1) is 25.0. The van der Waals surface area contributed by atoms with E-state index in [1.807, 2.05) is 6.07 Å². The zero-order valence-corrected chi connectivity index (χ0v) is 20.2. The van der Waals surface area contributed by atoms with Gasteiger partial charge in [-0.1, -0.05) is 29.8 Å². The molecular weight excluding hydrogens is 547 g/mol. The average Bonchev–Trinajstić information content (AvgIpc) is 2.49. The van der Waals surface area contributed by atoms with Gasteiger partial charge in [-0.05, 0) is 56.7 Å². The van der Waals surface area contributed by atoms with E-state index >= 15 is 0 Å². The van der Waals surface area contributed by atoms with Crippen LogP contribution in [0.1, 0.15) is 38.3 Å². The molecule has 0 unspecified atom stereocenters. The Kier molecular flexibility index (Phi) is 12.1. The summed E-state index contributed by atoms with van der Waals surface area (Å²) in [6.07, 6.45) is 2.26.